The highest BCUT2D eigenvalue weighted by molar-refractivity contribution is 6.30. The van der Waals surface area contributed by atoms with Crippen molar-refractivity contribution in [2.45, 2.75) is 19.8 Å². The molecule has 1 aliphatic rings. The van der Waals surface area contributed by atoms with Crippen LogP contribution in [0.3, 0.4) is 0 Å². The Kier molecular flexibility index (Phi) is 3.57. The van der Waals surface area contributed by atoms with E-state index >= 15 is 0 Å². The normalized spacial score (nSPS) is 18.3. The highest BCUT2D eigenvalue weighted by atomic mass is 35.5. The first-order chi connectivity index (χ1) is 8.47. The average Bonchev–Trinajstić information content (AvgIpc) is 2.26. The average molecular weight is 268 g/mol. The molecule has 1 N–H and O–H groups in total. The van der Waals surface area contributed by atoms with Gasteiger partial charge in [0.2, 0.25) is 5.91 Å². The summed E-state index contributed by atoms with van der Waals surface area (Å²) in [6.45, 7) is 1.94. The fourth-order valence-electron chi connectivity index (χ4n) is 2.39. The lowest BCUT2D eigenvalue weighted by Gasteiger charge is -2.33. The van der Waals surface area contributed by atoms with Crippen molar-refractivity contribution in [2.75, 3.05) is 11.4 Å². The summed E-state index contributed by atoms with van der Waals surface area (Å²) in [6.07, 6.45) is 0.710. The third kappa shape index (κ3) is 2.64. The highest BCUT2D eigenvalue weighted by Gasteiger charge is 2.28. The molecule has 0 saturated heterocycles. The number of carbonyl (C=O) groups is 2. The summed E-state index contributed by atoms with van der Waals surface area (Å²) in [6, 6.07) is 5.37. The summed E-state index contributed by atoms with van der Waals surface area (Å²) >= 11 is 5.94. The molecule has 2 rings (SSSR count). The van der Waals surface area contributed by atoms with Gasteiger partial charge in [0.15, 0.2) is 0 Å². The van der Waals surface area contributed by atoms with Crippen LogP contribution in [-0.2, 0) is 16.0 Å². The number of halogens is 1. The van der Waals surface area contributed by atoms with Crippen LogP contribution < -0.4 is 4.90 Å². The number of amides is 1. The van der Waals surface area contributed by atoms with Gasteiger partial charge in [-0.25, -0.2) is 0 Å². The Morgan fingerprint density at radius 2 is 2.22 bits per heavy atom. The van der Waals surface area contributed by atoms with E-state index in [1.807, 2.05) is 6.07 Å². The number of nitrogens with zero attached hydrogens (tertiary/aromatic N) is 1. The molecule has 0 aromatic heterocycles. The minimum Gasteiger partial charge on any atom is -0.481 e. The Hall–Kier alpha value is -1.55. The van der Waals surface area contributed by atoms with Crippen molar-refractivity contribution >= 4 is 29.2 Å². The SMILES string of the molecule is CC(=O)N1CC(CC(=O)O)Cc2cc(Cl)ccc21. The predicted molar refractivity (Wildman–Crippen MR) is 68.9 cm³/mol. The maximum Gasteiger partial charge on any atom is 0.303 e. The van der Waals surface area contributed by atoms with Gasteiger partial charge < -0.3 is 10.0 Å². The zero-order valence-corrected chi connectivity index (χ0v) is 10.8. The quantitative estimate of drug-likeness (QED) is 0.895. The van der Waals surface area contributed by atoms with Crippen molar-refractivity contribution in [3.8, 4) is 0 Å². The number of hydrogen-bond acceptors (Lipinski definition) is 2. The third-order valence-corrected chi connectivity index (χ3v) is 3.36. The molecule has 0 fully saturated rings. The van der Waals surface area contributed by atoms with Gasteiger partial charge in [-0.15, -0.1) is 0 Å². The van der Waals surface area contributed by atoms with Crippen LogP contribution in [-0.4, -0.2) is 23.5 Å². The van der Waals surface area contributed by atoms with E-state index in [1.165, 1.54) is 6.92 Å². The zero-order valence-electron chi connectivity index (χ0n) is 10.0. The van der Waals surface area contributed by atoms with Crippen LogP contribution in [0.15, 0.2) is 18.2 Å². The number of fused-ring (bicyclic) bond motifs is 1. The third-order valence-electron chi connectivity index (χ3n) is 3.13. The summed E-state index contributed by atoms with van der Waals surface area (Å²) in [5.41, 5.74) is 1.78. The minimum atomic E-state index is -0.839. The Balaban J connectivity index is 2.34. The molecule has 4 nitrogen and oxygen atoms in total. The molecule has 1 atom stereocenters. The van der Waals surface area contributed by atoms with Gasteiger partial charge in [0.1, 0.15) is 0 Å². The van der Waals surface area contributed by atoms with Gasteiger partial charge in [0, 0.05) is 24.2 Å². The number of benzene rings is 1. The van der Waals surface area contributed by atoms with Crippen molar-refractivity contribution in [3.05, 3.63) is 28.8 Å². The molecule has 96 valence electrons. The van der Waals surface area contributed by atoms with E-state index in [2.05, 4.69) is 0 Å². The van der Waals surface area contributed by atoms with Gasteiger partial charge in [-0.05, 0) is 36.1 Å². The lowest BCUT2D eigenvalue weighted by atomic mass is 9.90. The number of aliphatic carboxylic acids is 1. The van der Waals surface area contributed by atoms with E-state index in [0.29, 0.717) is 18.0 Å². The zero-order chi connectivity index (χ0) is 13.3. The van der Waals surface area contributed by atoms with E-state index in [9.17, 15) is 9.59 Å². The van der Waals surface area contributed by atoms with Crippen molar-refractivity contribution in [2.24, 2.45) is 5.92 Å². The summed E-state index contributed by atoms with van der Waals surface area (Å²) in [4.78, 5) is 24.0. The van der Waals surface area contributed by atoms with Crippen LogP contribution in [0, 0.1) is 5.92 Å². The minimum absolute atomic E-state index is 0.0580. The first-order valence-electron chi connectivity index (χ1n) is 5.75. The standard InChI is InChI=1S/C13H14ClNO3/c1-8(16)15-7-9(5-13(17)18)4-10-6-11(14)2-3-12(10)15/h2-3,6,9H,4-5,7H2,1H3,(H,17,18). The Labute approximate surface area is 110 Å². The number of carboxylic acid groups (broad SMARTS) is 1. The molecule has 1 heterocycles. The van der Waals surface area contributed by atoms with Crippen LogP contribution in [0.5, 0.6) is 0 Å². The van der Waals surface area contributed by atoms with Gasteiger partial charge in [-0.1, -0.05) is 11.6 Å². The van der Waals surface area contributed by atoms with E-state index in [4.69, 9.17) is 16.7 Å². The molecule has 1 unspecified atom stereocenters. The number of rotatable bonds is 2. The number of carbonyl (C=O) groups excluding carboxylic acids is 1. The molecule has 1 aromatic carbocycles. The predicted octanol–water partition coefficient (Wildman–Crippen LogP) is 2.34. The summed E-state index contributed by atoms with van der Waals surface area (Å²) in [7, 11) is 0. The van der Waals surface area contributed by atoms with E-state index in [-0.39, 0.29) is 18.2 Å². The molecule has 0 spiro atoms. The Bertz CT molecular complexity index is 501. The molecule has 0 saturated carbocycles. The van der Waals surface area contributed by atoms with Crippen molar-refractivity contribution in [1.29, 1.82) is 0 Å². The van der Waals surface area contributed by atoms with E-state index in [1.54, 1.807) is 17.0 Å². The van der Waals surface area contributed by atoms with Gasteiger partial charge in [-0.2, -0.15) is 0 Å². The monoisotopic (exact) mass is 267 g/mol. The van der Waals surface area contributed by atoms with Gasteiger partial charge >= 0.3 is 5.97 Å². The van der Waals surface area contributed by atoms with Gasteiger partial charge in [0.05, 0.1) is 6.42 Å². The van der Waals surface area contributed by atoms with Crippen LogP contribution in [0.25, 0.3) is 0 Å². The molecule has 0 aliphatic carbocycles. The van der Waals surface area contributed by atoms with Gasteiger partial charge in [-0.3, -0.25) is 9.59 Å². The fourth-order valence-corrected chi connectivity index (χ4v) is 2.59. The van der Waals surface area contributed by atoms with Crippen LogP contribution in [0.1, 0.15) is 18.9 Å². The summed E-state index contributed by atoms with van der Waals surface area (Å²) < 4.78 is 0. The molecule has 1 aromatic rings. The second-order valence-corrected chi connectivity index (χ2v) is 5.01. The summed E-state index contributed by atoms with van der Waals surface area (Å²) in [5.74, 6) is -0.972. The summed E-state index contributed by atoms with van der Waals surface area (Å²) in [5, 5.41) is 9.47. The molecular formula is C13H14ClNO3. The second kappa shape index (κ2) is 4.98. The Morgan fingerprint density at radius 3 is 2.83 bits per heavy atom. The van der Waals surface area contributed by atoms with Crippen molar-refractivity contribution in [1.82, 2.24) is 0 Å². The second-order valence-electron chi connectivity index (χ2n) is 4.57. The van der Waals surface area contributed by atoms with Crippen molar-refractivity contribution < 1.29 is 14.7 Å². The fraction of sp³-hybridized carbons (Fsp3) is 0.385. The van der Waals surface area contributed by atoms with Crippen LogP contribution in [0.4, 0.5) is 5.69 Å². The molecule has 0 bridgehead atoms. The Morgan fingerprint density at radius 1 is 1.50 bits per heavy atom. The number of carboxylic acids is 1. The molecule has 18 heavy (non-hydrogen) atoms. The van der Waals surface area contributed by atoms with Crippen LogP contribution in [0.2, 0.25) is 5.02 Å². The smallest absolute Gasteiger partial charge is 0.303 e. The molecule has 1 amide bonds. The topological polar surface area (TPSA) is 57.6 Å². The van der Waals surface area contributed by atoms with Crippen molar-refractivity contribution in [3.63, 3.8) is 0 Å². The maximum atomic E-state index is 11.6. The van der Waals surface area contributed by atoms with E-state index < -0.39 is 5.97 Å². The first-order valence-corrected chi connectivity index (χ1v) is 6.13. The van der Waals surface area contributed by atoms with Gasteiger partial charge in [0.25, 0.3) is 0 Å². The number of anilines is 1. The molecule has 1 aliphatic heterocycles. The molecule has 5 heteroatoms. The lowest BCUT2D eigenvalue weighted by Crippen LogP contribution is -2.39. The van der Waals surface area contributed by atoms with Crippen LogP contribution >= 0.6 is 11.6 Å². The maximum absolute atomic E-state index is 11.6. The molecular weight excluding hydrogens is 254 g/mol. The molecule has 0 radical (unpaired) electrons. The van der Waals surface area contributed by atoms with E-state index in [0.717, 1.165) is 11.3 Å². The number of hydrogen-bond donors (Lipinski definition) is 1. The largest absolute Gasteiger partial charge is 0.481 e. The highest BCUT2D eigenvalue weighted by Crippen LogP contribution is 2.33. The lowest BCUT2D eigenvalue weighted by molar-refractivity contribution is -0.138. The first kappa shape index (κ1) is 12.9.